The van der Waals surface area contributed by atoms with Crippen molar-refractivity contribution in [1.29, 1.82) is 5.26 Å². The van der Waals surface area contributed by atoms with Gasteiger partial charge in [0.2, 0.25) is 0 Å². The second-order valence-electron chi connectivity index (χ2n) is 6.00. The first-order chi connectivity index (χ1) is 13.7. The summed E-state index contributed by atoms with van der Waals surface area (Å²) in [7, 11) is 1.87. The molecule has 0 unspecified atom stereocenters. The molecule has 0 atom stereocenters. The average Bonchev–Trinajstić information content (AvgIpc) is 3.44. The smallest absolute Gasteiger partial charge is 0.270 e. The monoisotopic (exact) mass is 399 g/mol. The number of rotatable bonds is 3. The van der Waals surface area contributed by atoms with Crippen LogP contribution < -0.4 is 5.32 Å². The number of carbonyl (C=O) groups excluding carboxylic acids is 1. The number of nitriles is 1. The molecule has 0 aliphatic heterocycles. The van der Waals surface area contributed by atoms with Crippen LogP contribution >= 0.6 is 22.7 Å². The van der Waals surface area contributed by atoms with E-state index in [4.69, 9.17) is 6.57 Å². The van der Waals surface area contributed by atoms with Gasteiger partial charge in [0.15, 0.2) is 5.78 Å². The predicted octanol–water partition coefficient (Wildman–Crippen LogP) is 5.95. The summed E-state index contributed by atoms with van der Waals surface area (Å²) in [5.74, 6) is -0.154. The van der Waals surface area contributed by atoms with Crippen molar-refractivity contribution in [3.63, 3.8) is 0 Å². The molecule has 4 nitrogen and oxygen atoms in total. The van der Waals surface area contributed by atoms with Crippen molar-refractivity contribution >= 4 is 45.8 Å². The molecular weight excluding hydrogens is 386 g/mol. The molecule has 0 amide bonds. The van der Waals surface area contributed by atoms with Gasteiger partial charge in [-0.25, -0.2) is 10.1 Å². The fraction of sp³-hybridized carbons (Fsp3) is 0.0455. The molecule has 0 bridgehead atoms. The number of Topliss-reactive ketones (excluding diaryl/α,β-unsaturated/α-hetero) is 1. The number of thiophene rings is 2. The van der Waals surface area contributed by atoms with Gasteiger partial charge in [0.25, 0.3) is 5.70 Å². The number of hydrogen-bond acceptors (Lipinski definition) is 5. The number of nitrogens with zero attached hydrogens (tertiary/aromatic N) is 2. The predicted molar refractivity (Wildman–Crippen MR) is 115 cm³/mol. The Balaban J connectivity index is 1.91. The van der Waals surface area contributed by atoms with Crippen LogP contribution in [-0.4, -0.2) is 12.8 Å². The van der Waals surface area contributed by atoms with E-state index in [1.807, 2.05) is 36.7 Å². The highest BCUT2D eigenvalue weighted by Crippen LogP contribution is 2.43. The molecule has 4 rings (SSSR count). The van der Waals surface area contributed by atoms with E-state index in [0.29, 0.717) is 22.3 Å². The summed E-state index contributed by atoms with van der Waals surface area (Å²) >= 11 is 3.23. The first kappa shape index (κ1) is 17.9. The van der Waals surface area contributed by atoms with Crippen LogP contribution in [0.2, 0.25) is 0 Å². The summed E-state index contributed by atoms with van der Waals surface area (Å²) in [6.07, 6.45) is 1.79. The molecule has 2 heterocycles. The fourth-order valence-electron chi connectivity index (χ4n) is 3.23. The molecule has 1 aliphatic carbocycles. The van der Waals surface area contributed by atoms with Crippen LogP contribution in [0, 0.1) is 17.9 Å². The Hall–Kier alpha value is -3.45. The van der Waals surface area contributed by atoms with Crippen LogP contribution in [0.25, 0.3) is 26.2 Å². The van der Waals surface area contributed by atoms with E-state index in [2.05, 4.69) is 16.2 Å². The van der Waals surface area contributed by atoms with Crippen molar-refractivity contribution in [2.75, 3.05) is 12.4 Å². The van der Waals surface area contributed by atoms with Gasteiger partial charge in [-0.3, -0.25) is 4.79 Å². The van der Waals surface area contributed by atoms with Gasteiger partial charge in [-0.1, -0.05) is 30.3 Å². The summed E-state index contributed by atoms with van der Waals surface area (Å²) in [6.45, 7) is 7.36. The SMILES string of the molecule is [C-]#[N+]/C(C#N)=C1\C(=C\c2cc(NC)c(-c3cccs3)s2)C(=O)c2ccccc21. The number of ketones is 1. The molecule has 1 aliphatic rings. The van der Waals surface area contributed by atoms with Gasteiger partial charge in [-0.05, 0) is 29.2 Å². The van der Waals surface area contributed by atoms with Gasteiger partial charge in [0, 0.05) is 33.5 Å². The zero-order valence-electron chi connectivity index (χ0n) is 14.8. The third-order valence-corrected chi connectivity index (χ3v) is 6.59. The number of anilines is 1. The van der Waals surface area contributed by atoms with Crippen LogP contribution in [0.5, 0.6) is 0 Å². The van der Waals surface area contributed by atoms with Gasteiger partial charge < -0.3 is 5.32 Å². The van der Waals surface area contributed by atoms with Crippen LogP contribution in [0.3, 0.4) is 0 Å². The van der Waals surface area contributed by atoms with E-state index in [1.54, 1.807) is 46.9 Å². The number of hydrogen-bond donors (Lipinski definition) is 1. The lowest BCUT2D eigenvalue weighted by Crippen LogP contribution is -1.95. The summed E-state index contributed by atoms with van der Waals surface area (Å²) < 4.78 is 0. The Labute approximate surface area is 170 Å². The largest absolute Gasteiger partial charge is 0.387 e. The van der Waals surface area contributed by atoms with E-state index < -0.39 is 0 Å². The molecule has 3 aromatic rings. The van der Waals surface area contributed by atoms with Crippen LogP contribution in [-0.2, 0) is 0 Å². The van der Waals surface area contributed by atoms with Crippen molar-refractivity contribution < 1.29 is 4.79 Å². The minimum absolute atomic E-state index is 0.0616. The van der Waals surface area contributed by atoms with Gasteiger partial charge >= 0.3 is 0 Å². The Morgan fingerprint density at radius 1 is 1.25 bits per heavy atom. The zero-order valence-corrected chi connectivity index (χ0v) is 16.4. The second-order valence-corrected chi connectivity index (χ2v) is 8.03. The van der Waals surface area contributed by atoms with Crippen LogP contribution in [0.1, 0.15) is 20.8 Å². The number of nitrogens with one attached hydrogen (secondary N) is 1. The van der Waals surface area contributed by atoms with Gasteiger partial charge in [0.1, 0.15) is 0 Å². The lowest BCUT2D eigenvalue weighted by molar-refractivity contribution is 0.104. The van der Waals surface area contributed by atoms with Crippen molar-refractivity contribution in [2.45, 2.75) is 0 Å². The summed E-state index contributed by atoms with van der Waals surface area (Å²) in [4.78, 5) is 19.5. The molecule has 28 heavy (non-hydrogen) atoms. The van der Waals surface area contributed by atoms with Gasteiger partial charge in [0.05, 0.1) is 23.2 Å². The fourth-order valence-corrected chi connectivity index (χ4v) is 5.21. The Bertz CT molecular complexity index is 1220. The first-order valence-electron chi connectivity index (χ1n) is 8.41. The molecule has 134 valence electrons. The molecule has 0 radical (unpaired) electrons. The lowest BCUT2D eigenvalue weighted by atomic mass is 10.0. The van der Waals surface area contributed by atoms with Crippen molar-refractivity contribution in [2.24, 2.45) is 0 Å². The Morgan fingerprint density at radius 3 is 2.68 bits per heavy atom. The quantitative estimate of drug-likeness (QED) is 0.336. The maximum Gasteiger partial charge on any atom is 0.270 e. The Morgan fingerprint density at radius 2 is 2.04 bits per heavy atom. The van der Waals surface area contributed by atoms with E-state index in [-0.39, 0.29) is 11.5 Å². The Kier molecular flexibility index (Phi) is 4.67. The third-order valence-electron chi connectivity index (χ3n) is 4.46. The summed E-state index contributed by atoms with van der Waals surface area (Å²) in [6, 6.07) is 15.1. The lowest BCUT2D eigenvalue weighted by Gasteiger charge is -2.01. The van der Waals surface area contributed by atoms with Crippen molar-refractivity contribution in [3.05, 3.63) is 86.5 Å². The maximum atomic E-state index is 13.0. The second kappa shape index (κ2) is 7.28. The van der Waals surface area contributed by atoms with E-state index in [1.165, 1.54) is 0 Å². The summed E-state index contributed by atoms with van der Waals surface area (Å²) in [5, 5.41) is 14.7. The number of allylic oxidation sites excluding steroid dienone is 3. The minimum Gasteiger partial charge on any atom is -0.387 e. The standard InChI is InChI=1S/C22H13N3OS2/c1-24-17-11-13(28-22(17)19-8-5-9-27-19)10-16-20(18(12-23)25-2)14-6-3-4-7-15(14)21(16)26/h3-11,24H,1H3/b16-10-,20-18-. The van der Waals surface area contributed by atoms with Gasteiger partial charge in [-0.15, -0.1) is 22.7 Å². The number of carbonyl (C=O) groups is 1. The van der Waals surface area contributed by atoms with Crippen molar-refractivity contribution in [3.8, 4) is 15.8 Å². The topological polar surface area (TPSA) is 57.2 Å². The molecule has 0 fully saturated rings. The highest BCUT2D eigenvalue weighted by atomic mass is 32.1. The van der Waals surface area contributed by atoms with Crippen LogP contribution in [0.4, 0.5) is 5.69 Å². The molecule has 6 heteroatoms. The zero-order chi connectivity index (χ0) is 19.7. The summed E-state index contributed by atoms with van der Waals surface area (Å²) in [5.41, 5.74) is 2.93. The van der Waals surface area contributed by atoms with E-state index in [0.717, 1.165) is 20.3 Å². The molecule has 1 aromatic carbocycles. The average molecular weight is 400 g/mol. The molecule has 0 saturated carbocycles. The first-order valence-corrected chi connectivity index (χ1v) is 10.1. The maximum absolute atomic E-state index is 13.0. The number of benzene rings is 1. The van der Waals surface area contributed by atoms with Crippen LogP contribution in [0.15, 0.2) is 59.1 Å². The van der Waals surface area contributed by atoms with Crippen molar-refractivity contribution in [1.82, 2.24) is 0 Å². The third kappa shape index (κ3) is 2.86. The molecule has 0 saturated heterocycles. The highest BCUT2D eigenvalue weighted by Gasteiger charge is 2.32. The minimum atomic E-state index is -0.154. The molecule has 2 aromatic heterocycles. The van der Waals surface area contributed by atoms with Gasteiger partial charge in [-0.2, -0.15) is 0 Å². The number of fused-ring (bicyclic) bond motifs is 1. The van der Waals surface area contributed by atoms with E-state index in [9.17, 15) is 10.1 Å². The normalized spacial score (nSPS) is 15.8. The molecular formula is C22H13N3OS2. The molecule has 0 spiro atoms. The highest BCUT2D eigenvalue weighted by molar-refractivity contribution is 7.22. The van der Waals surface area contributed by atoms with E-state index >= 15 is 0 Å². The molecule has 1 N–H and O–H groups in total.